The minimum Gasteiger partial charge on any atom is -0.336 e. The Labute approximate surface area is 158 Å². The van der Waals surface area contributed by atoms with Crippen LogP contribution in [0.4, 0.5) is 0 Å². The van der Waals surface area contributed by atoms with Gasteiger partial charge < -0.3 is 9.42 Å². The summed E-state index contributed by atoms with van der Waals surface area (Å²) in [6, 6.07) is 12.7. The van der Waals surface area contributed by atoms with Crippen molar-refractivity contribution in [2.45, 2.75) is 51.0 Å². The Morgan fingerprint density at radius 1 is 1.22 bits per heavy atom. The fourth-order valence-electron chi connectivity index (χ4n) is 4.23. The molecule has 2 aromatic heterocycles. The van der Waals surface area contributed by atoms with Gasteiger partial charge >= 0.3 is 0 Å². The topological polar surface area (TPSA) is 59.2 Å². The van der Waals surface area contributed by atoms with Gasteiger partial charge in [0.2, 0.25) is 0 Å². The molecule has 3 aromatic rings. The van der Waals surface area contributed by atoms with Gasteiger partial charge in [0.05, 0.1) is 16.6 Å². The fourth-order valence-corrected chi connectivity index (χ4v) is 4.23. The third kappa shape index (κ3) is 3.01. The van der Waals surface area contributed by atoms with E-state index in [1.165, 1.54) is 5.56 Å². The molecule has 138 valence electrons. The first-order chi connectivity index (χ1) is 13.2. The third-order valence-corrected chi connectivity index (χ3v) is 5.82. The first kappa shape index (κ1) is 16.5. The summed E-state index contributed by atoms with van der Waals surface area (Å²) in [6.45, 7) is 2.69. The SMILES string of the molecule is Cc1noc2nc(C3CC3)cc(C(=O)N3CCCC3Cc3ccccc3)c12. The summed E-state index contributed by atoms with van der Waals surface area (Å²) in [6.07, 6.45) is 5.28. The Kier molecular flexibility index (Phi) is 3.96. The van der Waals surface area contributed by atoms with E-state index in [4.69, 9.17) is 4.52 Å². The molecule has 5 nitrogen and oxygen atoms in total. The number of aryl methyl sites for hydroxylation is 1. The number of aromatic nitrogens is 2. The fraction of sp³-hybridized carbons (Fsp3) is 0.409. The molecule has 5 rings (SSSR count). The maximum Gasteiger partial charge on any atom is 0.259 e. The van der Waals surface area contributed by atoms with Crippen LogP contribution in [-0.4, -0.2) is 33.5 Å². The van der Waals surface area contributed by atoms with Crippen molar-refractivity contribution >= 4 is 17.0 Å². The van der Waals surface area contributed by atoms with Crippen molar-refractivity contribution in [3.63, 3.8) is 0 Å². The number of amides is 1. The number of hydrogen-bond donors (Lipinski definition) is 0. The van der Waals surface area contributed by atoms with Crippen molar-refractivity contribution < 1.29 is 9.32 Å². The zero-order valence-corrected chi connectivity index (χ0v) is 15.5. The van der Waals surface area contributed by atoms with Gasteiger partial charge in [0.25, 0.3) is 11.6 Å². The lowest BCUT2D eigenvalue weighted by molar-refractivity contribution is 0.0738. The average molecular weight is 361 g/mol. The van der Waals surface area contributed by atoms with Crippen molar-refractivity contribution in [1.82, 2.24) is 15.0 Å². The Balaban J connectivity index is 1.50. The molecule has 1 unspecified atom stereocenters. The average Bonchev–Trinajstić information content (AvgIpc) is 3.34. The highest BCUT2D eigenvalue weighted by Gasteiger charge is 2.33. The summed E-state index contributed by atoms with van der Waals surface area (Å²) in [5.74, 6) is 0.555. The van der Waals surface area contributed by atoms with Crippen LogP contribution >= 0.6 is 0 Å². The molecule has 2 aliphatic rings. The second-order valence-electron chi connectivity index (χ2n) is 7.80. The number of fused-ring (bicyclic) bond motifs is 1. The summed E-state index contributed by atoms with van der Waals surface area (Å²) in [5, 5.41) is 4.84. The Morgan fingerprint density at radius 3 is 2.81 bits per heavy atom. The van der Waals surface area contributed by atoms with Gasteiger partial charge in [0.1, 0.15) is 0 Å². The highest BCUT2D eigenvalue weighted by atomic mass is 16.5. The van der Waals surface area contributed by atoms with E-state index in [-0.39, 0.29) is 11.9 Å². The molecule has 1 saturated carbocycles. The smallest absolute Gasteiger partial charge is 0.259 e. The minimum atomic E-state index is 0.0917. The molecule has 0 N–H and O–H groups in total. The number of likely N-dealkylation sites (tertiary alicyclic amines) is 1. The van der Waals surface area contributed by atoms with Crippen molar-refractivity contribution in [3.8, 4) is 0 Å². The Morgan fingerprint density at radius 2 is 2.04 bits per heavy atom. The molecular formula is C22H23N3O2. The molecular weight excluding hydrogens is 338 g/mol. The number of carbonyl (C=O) groups is 1. The van der Waals surface area contributed by atoms with E-state index in [2.05, 4.69) is 34.4 Å². The van der Waals surface area contributed by atoms with E-state index in [9.17, 15) is 4.79 Å². The predicted molar refractivity (Wildman–Crippen MR) is 103 cm³/mol. The van der Waals surface area contributed by atoms with Crippen LogP contribution < -0.4 is 0 Å². The first-order valence-electron chi connectivity index (χ1n) is 9.82. The van der Waals surface area contributed by atoms with Crippen LogP contribution in [0, 0.1) is 6.92 Å². The highest BCUT2D eigenvalue weighted by Crippen LogP contribution is 2.41. The molecule has 1 amide bonds. The molecule has 0 radical (unpaired) electrons. The summed E-state index contributed by atoms with van der Waals surface area (Å²) in [5.41, 5.74) is 4.20. The lowest BCUT2D eigenvalue weighted by atomic mass is 10.0. The largest absolute Gasteiger partial charge is 0.336 e. The van der Waals surface area contributed by atoms with E-state index >= 15 is 0 Å². The second kappa shape index (κ2) is 6.48. The van der Waals surface area contributed by atoms with Crippen LogP contribution in [0.2, 0.25) is 0 Å². The van der Waals surface area contributed by atoms with Gasteiger partial charge in [-0.15, -0.1) is 0 Å². The maximum absolute atomic E-state index is 13.5. The summed E-state index contributed by atoms with van der Waals surface area (Å²) >= 11 is 0. The van der Waals surface area contributed by atoms with E-state index in [0.717, 1.165) is 55.4 Å². The van der Waals surface area contributed by atoms with Crippen molar-refractivity contribution in [2.24, 2.45) is 0 Å². The van der Waals surface area contributed by atoms with Crippen molar-refractivity contribution in [1.29, 1.82) is 0 Å². The maximum atomic E-state index is 13.5. The molecule has 1 aliphatic heterocycles. The van der Waals surface area contributed by atoms with Gasteiger partial charge in [0.15, 0.2) is 0 Å². The number of carbonyl (C=O) groups excluding carboxylic acids is 1. The normalized spacial score (nSPS) is 19.7. The second-order valence-corrected chi connectivity index (χ2v) is 7.80. The van der Waals surface area contributed by atoms with E-state index < -0.39 is 0 Å². The third-order valence-electron chi connectivity index (χ3n) is 5.82. The highest BCUT2D eigenvalue weighted by molar-refractivity contribution is 6.06. The first-order valence-corrected chi connectivity index (χ1v) is 9.82. The molecule has 1 aliphatic carbocycles. The zero-order valence-electron chi connectivity index (χ0n) is 15.5. The van der Waals surface area contributed by atoms with E-state index in [1.54, 1.807) is 0 Å². The zero-order chi connectivity index (χ0) is 18.4. The summed E-state index contributed by atoms with van der Waals surface area (Å²) in [4.78, 5) is 20.2. The van der Waals surface area contributed by atoms with Gasteiger partial charge in [-0.25, -0.2) is 4.98 Å². The van der Waals surface area contributed by atoms with Gasteiger partial charge in [-0.1, -0.05) is 35.5 Å². The van der Waals surface area contributed by atoms with Gasteiger partial charge in [-0.3, -0.25) is 4.79 Å². The van der Waals surface area contributed by atoms with Crippen LogP contribution in [0.5, 0.6) is 0 Å². The molecule has 5 heteroatoms. The Bertz CT molecular complexity index is 991. The van der Waals surface area contributed by atoms with Crippen LogP contribution in [0.3, 0.4) is 0 Å². The monoisotopic (exact) mass is 361 g/mol. The van der Waals surface area contributed by atoms with Crippen molar-refractivity contribution in [2.75, 3.05) is 6.54 Å². The molecule has 0 spiro atoms. The predicted octanol–water partition coefficient (Wildman–Crippen LogP) is 4.26. The van der Waals surface area contributed by atoms with Gasteiger partial charge in [0, 0.05) is 24.2 Å². The number of pyridine rings is 1. The molecule has 2 fully saturated rings. The minimum absolute atomic E-state index is 0.0917. The number of nitrogens with zero attached hydrogens (tertiary/aromatic N) is 3. The molecule has 1 aromatic carbocycles. The number of rotatable bonds is 4. The molecule has 3 heterocycles. The van der Waals surface area contributed by atoms with E-state index in [1.807, 2.05) is 24.0 Å². The molecule has 0 bridgehead atoms. The summed E-state index contributed by atoms with van der Waals surface area (Å²) in [7, 11) is 0. The molecule has 1 saturated heterocycles. The quantitative estimate of drug-likeness (QED) is 0.697. The summed E-state index contributed by atoms with van der Waals surface area (Å²) < 4.78 is 5.41. The Hall–Kier alpha value is -2.69. The lowest BCUT2D eigenvalue weighted by Gasteiger charge is -2.25. The van der Waals surface area contributed by atoms with Crippen LogP contribution in [0.15, 0.2) is 40.9 Å². The van der Waals surface area contributed by atoms with E-state index in [0.29, 0.717) is 17.2 Å². The van der Waals surface area contributed by atoms with Crippen LogP contribution in [0.1, 0.15) is 58.9 Å². The van der Waals surface area contributed by atoms with Gasteiger partial charge in [-0.2, -0.15) is 0 Å². The standard InChI is InChI=1S/C22H23N3O2/c1-14-20-18(13-19(16-9-10-16)23-21(20)27-24-14)22(26)25-11-5-8-17(25)12-15-6-3-2-4-7-15/h2-4,6-7,13,16-17H,5,8-12H2,1H3. The molecule has 27 heavy (non-hydrogen) atoms. The van der Waals surface area contributed by atoms with Gasteiger partial charge in [-0.05, 0) is 50.7 Å². The lowest BCUT2D eigenvalue weighted by Crippen LogP contribution is -2.37. The number of hydrogen-bond acceptors (Lipinski definition) is 4. The number of benzene rings is 1. The van der Waals surface area contributed by atoms with Crippen LogP contribution in [-0.2, 0) is 6.42 Å². The molecule has 1 atom stereocenters. The van der Waals surface area contributed by atoms with Crippen molar-refractivity contribution in [3.05, 3.63) is 58.9 Å². The van der Waals surface area contributed by atoms with Crippen LogP contribution in [0.25, 0.3) is 11.1 Å².